The number of carbonyl (C=O) groups excluding carboxylic acids is 2. The summed E-state index contributed by atoms with van der Waals surface area (Å²) in [4.78, 5) is 35.7. The molecule has 3 rings (SSSR count). The van der Waals surface area contributed by atoms with Crippen LogP contribution in [0.5, 0.6) is 0 Å². The number of esters is 1. The van der Waals surface area contributed by atoms with Crippen molar-refractivity contribution >= 4 is 23.6 Å². The molecule has 1 aliphatic rings. The Bertz CT molecular complexity index is 1350. The van der Waals surface area contributed by atoms with Gasteiger partial charge in [-0.05, 0) is 70.2 Å². The van der Waals surface area contributed by atoms with Crippen LogP contribution in [0.2, 0.25) is 0 Å². The van der Waals surface area contributed by atoms with Crippen molar-refractivity contribution in [2.75, 3.05) is 24.3 Å². The van der Waals surface area contributed by atoms with E-state index < -0.39 is 77.1 Å². The molecule has 17 heteroatoms. The molecule has 1 amide bonds. The maximum Gasteiger partial charge on any atom is 0.490 e. The van der Waals surface area contributed by atoms with E-state index in [4.69, 9.17) is 4.74 Å². The predicted octanol–water partition coefficient (Wildman–Crippen LogP) is 6.14. The molecule has 0 bridgehead atoms. The van der Waals surface area contributed by atoms with E-state index in [0.29, 0.717) is 18.0 Å². The summed E-state index contributed by atoms with van der Waals surface area (Å²) < 4.78 is 125. The van der Waals surface area contributed by atoms with Gasteiger partial charge in [0, 0.05) is 31.9 Å². The maximum absolute atomic E-state index is 13.5. The van der Waals surface area contributed by atoms with Gasteiger partial charge in [-0.15, -0.1) is 0 Å². The first kappa shape index (κ1) is 34.7. The molecule has 2 aromatic rings. The predicted molar refractivity (Wildman–Crippen MR) is 139 cm³/mol. The van der Waals surface area contributed by atoms with Crippen LogP contribution in [0.1, 0.15) is 61.8 Å². The Balaban J connectivity index is 1.91. The SMILES string of the molecule is Cc1cnc(NC2CCC(OC(=O)C(F)(F)F)(C(=O)NC(C)(C)c3cc(C(F)(F)F)cc(C(F)(F)F)c3)CC2)nc1N(C)C. The third-order valence-corrected chi connectivity index (χ3v) is 7.16. The lowest BCUT2D eigenvalue weighted by Crippen LogP contribution is -2.58. The molecule has 0 radical (unpaired) electrons. The Morgan fingerprint density at radius 3 is 1.86 bits per heavy atom. The van der Waals surface area contributed by atoms with Crippen LogP contribution < -0.4 is 15.5 Å². The monoisotopic (exact) mass is 643 g/mol. The van der Waals surface area contributed by atoms with Crippen LogP contribution in [0.4, 0.5) is 51.3 Å². The molecule has 1 aromatic carbocycles. The van der Waals surface area contributed by atoms with Crippen molar-refractivity contribution in [3.63, 3.8) is 0 Å². The van der Waals surface area contributed by atoms with E-state index in [0.717, 1.165) is 19.4 Å². The van der Waals surface area contributed by atoms with E-state index in [9.17, 15) is 49.1 Å². The van der Waals surface area contributed by atoms with Gasteiger partial charge in [-0.3, -0.25) is 4.79 Å². The maximum atomic E-state index is 13.5. The number of hydrogen-bond acceptors (Lipinski definition) is 7. The van der Waals surface area contributed by atoms with Gasteiger partial charge in [-0.2, -0.15) is 44.5 Å². The van der Waals surface area contributed by atoms with Crippen molar-refractivity contribution in [1.29, 1.82) is 0 Å². The highest BCUT2D eigenvalue weighted by Crippen LogP contribution is 2.40. The van der Waals surface area contributed by atoms with E-state index in [-0.39, 0.29) is 24.9 Å². The van der Waals surface area contributed by atoms with Crippen molar-refractivity contribution in [2.45, 2.75) is 82.2 Å². The average molecular weight is 644 g/mol. The summed E-state index contributed by atoms with van der Waals surface area (Å²) in [5.41, 5.74) is -7.57. The quantitative estimate of drug-likeness (QED) is 0.277. The van der Waals surface area contributed by atoms with Crippen molar-refractivity contribution in [2.24, 2.45) is 0 Å². The molecular formula is C27H30F9N5O3. The molecule has 0 saturated heterocycles. The zero-order valence-corrected chi connectivity index (χ0v) is 24.2. The highest BCUT2D eigenvalue weighted by atomic mass is 19.4. The highest BCUT2D eigenvalue weighted by molar-refractivity contribution is 5.89. The summed E-state index contributed by atoms with van der Waals surface area (Å²) in [5, 5.41) is 5.24. The summed E-state index contributed by atoms with van der Waals surface area (Å²) in [6.45, 7) is 3.93. The van der Waals surface area contributed by atoms with Gasteiger partial charge in [0.15, 0.2) is 5.60 Å². The number of anilines is 2. The summed E-state index contributed by atoms with van der Waals surface area (Å²) >= 11 is 0. The number of alkyl halides is 9. The molecule has 44 heavy (non-hydrogen) atoms. The molecule has 1 fully saturated rings. The third-order valence-electron chi connectivity index (χ3n) is 7.16. The number of nitrogens with one attached hydrogen (secondary N) is 2. The van der Waals surface area contributed by atoms with E-state index in [1.54, 1.807) is 32.1 Å². The molecule has 0 spiro atoms. The minimum Gasteiger partial charge on any atom is -0.442 e. The van der Waals surface area contributed by atoms with Crippen molar-refractivity contribution in [3.05, 3.63) is 46.6 Å². The van der Waals surface area contributed by atoms with Gasteiger partial charge in [0.25, 0.3) is 5.91 Å². The lowest BCUT2D eigenvalue weighted by Gasteiger charge is -2.41. The van der Waals surface area contributed by atoms with Gasteiger partial charge >= 0.3 is 24.5 Å². The van der Waals surface area contributed by atoms with Gasteiger partial charge in [0.2, 0.25) is 5.95 Å². The zero-order chi connectivity index (χ0) is 33.5. The first-order valence-corrected chi connectivity index (χ1v) is 13.1. The lowest BCUT2D eigenvalue weighted by atomic mass is 9.80. The number of ether oxygens (including phenoxy) is 1. The largest absolute Gasteiger partial charge is 0.490 e. The number of benzene rings is 1. The first-order valence-electron chi connectivity index (χ1n) is 13.1. The van der Waals surface area contributed by atoms with Gasteiger partial charge in [0.05, 0.1) is 16.7 Å². The van der Waals surface area contributed by atoms with E-state index >= 15 is 0 Å². The fraction of sp³-hybridized carbons (Fsp3) is 0.556. The highest BCUT2D eigenvalue weighted by Gasteiger charge is 2.52. The van der Waals surface area contributed by atoms with E-state index in [1.807, 2.05) is 0 Å². The molecule has 8 nitrogen and oxygen atoms in total. The van der Waals surface area contributed by atoms with Crippen LogP contribution in [0.25, 0.3) is 0 Å². The van der Waals surface area contributed by atoms with Gasteiger partial charge in [0.1, 0.15) is 5.82 Å². The third kappa shape index (κ3) is 8.02. The van der Waals surface area contributed by atoms with Gasteiger partial charge < -0.3 is 20.3 Å². The van der Waals surface area contributed by atoms with Gasteiger partial charge in [-0.25, -0.2) is 9.78 Å². The summed E-state index contributed by atoms with van der Waals surface area (Å²) in [5.74, 6) is -3.20. The topological polar surface area (TPSA) is 96.5 Å². The number of hydrogen-bond donors (Lipinski definition) is 2. The van der Waals surface area contributed by atoms with E-state index in [1.165, 1.54) is 0 Å². The summed E-state index contributed by atoms with van der Waals surface area (Å²) in [6, 6.07) is 0.216. The van der Waals surface area contributed by atoms with Crippen molar-refractivity contribution in [3.8, 4) is 0 Å². The minimum absolute atomic E-state index is 0.0324. The molecule has 2 N–H and O–H groups in total. The van der Waals surface area contributed by atoms with Gasteiger partial charge in [-0.1, -0.05) is 0 Å². The zero-order valence-electron chi connectivity index (χ0n) is 24.2. The molecule has 0 atom stereocenters. The molecule has 244 valence electrons. The molecule has 0 aliphatic heterocycles. The minimum atomic E-state index is -5.49. The average Bonchev–Trinajstić information content (AvgIpc) is 2.88. The Morgan fingerprint density at radius 1 is 0.909 bits per heavy atom. The number of nitrogens with zero attached hydrogens (tertiary/aromatic N) is 3. The van der Waals surface area contributed by atoms with E-state index in [2.05, 4.69) is 20.6 Å². The molecule has 1 saturated carbocycles. The number of aromatic nitrogens is 2. The fourth-order valence-corrected chi connectivity index (χ4v) is 4.76. The smallest absolute Gasteiger partial charge is 0.442 e. The molecular weight excluding hydrogens is 613 g/mol. The Labute approximate surface area is 246 Å². The standard InChI is InChI=1S/C27H30F9N5O3/c1-14-13-37-22(39-19(14)41(4)5)38-18-6-8-24(9-7-18,44-21(43)27(34,35)36)20(42)40-23(2,3)15-10-16(25(28,29)30)12-17(11-15)26(31,32)33/h10-13,18H,6-9H2,1-5H3,(H,40,42)(H,37,38,39). The summed E-state index contributed by atoms with van der Waals surface area (Å²) in [7, 11) is 3.51. The first-order chi connectivity index (χ1) is 19.9. The Morgan fingerprint density at radius 2 is 1.41 bits per heavy atom. The number of aryl methyl sites for hydroxylation is 1. The second-order valence-corrected chi connectivity index (χ2v) is 11.3. The normalized spacial score (nSPS) is 19.7. The number of rotatable bonds is 7. The second kappa shape index (κ2) is 12.0. The molecule has 1 heterocycles. The van der Waals surface area contributed by atoms with Crippen molar-refractivity contribution < 1.29 is 53.8 Å². The Kier molecular flexibility index (Phi) is 9.42. The van der Waals surface area contributed by atoms with Crippen LogP contribution >= 0.6 is 0 Å². The van der Waals surface area contributed by atoms with Crippen LogP contribution in [-0.2, 0) is 32.2 Å². The lowest BCUT2D eigenvalue weighted by molar-refractivity contribution is -0.217. The molecule has 1 aromatic heterocycles. The van der Waals surface area contributed by atoms with Crippen LogP contribution in [0.3, 0.4) is 0 Å². The molecule has 0 unspecified atom stereocenters. The molecule has 1 aliphatic carbocycles. The second-order valence-electron chi connectivity index (χ2n) is 11.3. The number of amides is 1. The summed E-state index contributed by atoms with van der Waals surface area (Å²) in [6.07, 6.45) is -15.3. The van der Waals surface area contributed by atoms with Crippen LogP contribution in [0, 0.1) is 6.92 Å². The van der Waals surface area contributed by atoms with Crippen molar-refractivity contribution in [1.82, 2.24) is 15.3 Å². The fourth-order valence-electron chi connectivity index (χ4n) is 4.76. The number of halogens is 9. The van der Waals surface area contributed by atoms with Crippen LogP contribution in [0.15, 0.2) is 24.4 Å². The van der Waals surface area contributed by atoms with Crippen LogP contribution in [-0.4, -0.2) is 53.8 Å². The Hall–Kier alpha value is -3.79. The number of carbonyl (C=O) groups is 2.